The minimum absolute atomic E-state index is 0.0396. The largest absolute Gasteiger partial charge is 0.337 e. The number of fused-ring (bicyclic) bond motifs is 1. The van der Waals surface area contributed by atoms with Gasteiger partial charge >= 0.3 is 0 Å². The van der Waals surface area contributed by atoms with Crippen LogP contribution in [0.5, 0.6) is 0 Å². The molecule has 8 heteroatoms. The van der Waals surface area contributed by atoms with E-state index in [0.717, 1.165) is 17.0 Å². The molecule has 0 saturated carbocycles. The Morgan fingerprint density at radius 2 is 1.97 bits per heavy atom. The maximum absolute atomic E-state index is 14.2. The summed E-state index contributed by atoms with van der Waals surface area (Å²) in [6, 6.07) is 8.65. The van der Waals surface area contributed by atoms with E-state index in [-0.39, 0.29) is 24.7 Å². The molecule has 1 aromatic carbocycles. The van der Waals surface area contributed by atoms with Crippen molar-refractivity contribution in [3.63, 3.8) is 0 Å². The molecular formula is C23H27FN6O. The van der Waals surface area contributed by atoms with Crippen molar-refractivity contribution in [3.8, 4) is 6.07 Å². The van der Waals surface area contributed by atoms with Gasteiger partial charge in [-0.3, -0.25) is 4.79 Å². The fourth-order valence-electron chi connectivity index (χ4n) is 3.59. The van der Waals surface area contributed by atoms with Crippen molar-refractivity contribution in [2.45, 2.75) is 33.2 Å². The Morgan fingerprint density at radius 3 is 2.65 bits per heavy atom. The van der Waals surface area contributed by atoms with E-state index in [2.05, 4.69) is 16.2 Å². The maximum atomic E-state index is 14.2. The average molecular weight is 423 g/mol. The Hall–Kier alpha value is -3.31. The summed E-state index contributed by atoms with van der Waals surface area (Å²) in [4.78, 5) is 21.3. The highest BCUT2D eigenvalue weighted by atomic mass is 19.1. The number of hydrogen-bond acceptors (Lipinski definition) is 5. The first-order valence-electron chi connectivity index (χ1n) is 10.2. The number of carbonyl (C=O) groups is 1. The second-order valence-electron chi connectivity index (χ2n) is 7.88. The molecule has 0 aliphatic heterocycles. The van der Waals surface area contributed by atoms with Crippen LogP contribution in [0.4, 0.5) is 4.39 Å². The van der Waals surface area contributed by atoms with Crippen LogP contribution in [0.2, 0.25) is 0 Å². The highest BCUT2D eigenvalue weighted by molar-refractivity contribution is 5.76. The summed E-state index contributed by atoms with van der Waals surface area (Å²) in [5, 5.41) is 13.5. The lowest BCUT2D eigenvalue weighted by atomic mass is 10.1. The molecular weight excluding hydrogens is 395 g/mol. The van der Waals surface area contributed by atoms with Gasteiger partial charge in [-0.1, -0.05) is 18.2 Å². The van der Waals surface area contributed by atoms with E-state index in [1.807, 2.05) is 32.8 Å². The summed E-state index contributed by atoms with van der Waals surface area (Å²) in [5.74, 6) is -0.347. The standard InChI is InChI=1S/C23H27FN6O/c1-16-20(17(2)30-23(27-16)19(13-25)14-26-30)9-10-22(31)29(12-11-28(3)4)15-18-7-5-6-8-21(18)24/h5-8,14H,9-12,15H2,1-4H3. The fourth-order valence-corrected chi connectivity index (χ4v) is 3.59. The van der Waals surface area contributed by atoms with Crippen LogP contribution >= 0.6 is 0 Å². The molecule has 0 atom stereocenters. The number of carbonyl (C=O) groups excluding carboxylic acids is 1. The molecule has 3 aromatic rings. The van der Waals surface area contributed by atoms with Gasteiger partial charge in [0.2, 0.25) is 5.91 Å². The smallest absolute Gasteiger partial charge is 0.223 e. The molecule has 0 fully saturated rings. The number of benzene rings is 1. The first kappa shape index (κ1) is 22.4. The van der Waals surface area contributed by atoms with Crippen molar-refractivity contribution in [3.05, 3.63) is 64.4 Å². The van der Waals surface area contributed by atoms with Gasteiger partial charge in [-0.05, 0) is 46.0 Å². The van der Waals surface area contributed by atoms with Crippen LogP contribution in [0, 0.1) is 31.0 Å². The minimum Gasteiger partial charge on any atom is -0.337 e. The number of hydrogen-bond donors (Lipinski definition) is 0. The highest BCUT2D eigenvalue weighted by Crippen LogP contribution is 2.19. The van der Waals surface area contributed by atoms with Gasteiger partial charge in [0.15, 0.2) is 5.65 Å². The number of aryl methyl sites for hydroxylation is 2. The predicted molar refractivity (Wildman–Crippen MR) is 116 cm³/mol. The van der Waals surface area contributed by atoms with E-state index in [9.17, 15) is 14.4 Å². The van der Waals surface area contributed by atoms with Gasteiger partial charge in [-0.15, -0.1) is 0 Å². The number of nitriles is 1. The van der Waals surface area contributed by atoms with Crippen LogP contribution in [0.3, 0.4) is 0 Å². The Kier molecular flexibility index (Phi) is 6.98. The minimum atomic E-state index is -0.307. The van der Waals surface area contributed by atoms with Crippen molar-refractivity contribution >= 4 is 11.6 Å². The van der Waals surface area contributed by atoms with Gasteiger partial charge in [0.05, 0.1) is 6.20 Å². The second-order valence-corrected chi connectivity index (χ2v) is 7.88. The monoisotopic (exact) mass is 422 g/mol. The van der Waals surface area contributed by atoms with E-state index < -0.39 is 0 Å². The molecule has 1 amide bonds. The second kappa shape index (κ2) is 9.67. The van der Waals surface area contributed by atoms with Gasteiger partial charge in [0.25, 0.3) is 0 Å². The van der Waals surface area contributed by atoms with E-state index in [0.29, 0.717) is 36.3 Å². The lowest BCUT2D eigenvalue weighted by molar-refractivity contribution is -0.132. The molecule has 0 spiro atoms. The van der Waals surface area contributed by atoms with Crippen molar-refractivity contribution < 1.29 is 9.18 Å². The summed E-state index contributed by atoms with van der Waals surface area (Å²) >= 11 is 0. The summed E-state index contributed by atoms with van der Waals surface area (Å²) < 4.78 is 15.8. The van der Waals surface area contributed by atoms with E-state index >= 15 is 0 Å². The number of aromatic nitrogens is 3. The third-order valence-corrected chi connectivity index (χ3v) is 5.41. The molecule has 0 radical (unpaired) electrons. The topological polar surface area (TPSA) is 77.5 Å². The number of likely N-dealkylation sites (N-methyl/N-ethyl adjacent to an activating group) is 1. The zero-order valence-electron chi connectivity index (χ0n) is 18.4. The zero-order valence-corrected chi connectivity index (χ0v) is 18.4. The molecule has 0 unspecified atom stereocenters. The van der Waals surface area contributed by atoms with E-state index in [1.54, 1.807) is 27.6 Å². The van der Waals surface area contributed by atoms with Crippen LogP contribution in [0.1, 0.15) is 34.5 Å². The highest BCUT2D eigenvalue weighted by Gasteiger charge is 2.19. The molecule has 0 bridgehead atoms. The van der Waals surface area contributed by atoms with Gasteiger partial charge in [-0.25, -0.2) is 13.9 Å². The van der Waals surface area contributed by atoms with Crippen molar-refractivity contribution in [2.75, 3.05) is 27.2 Å². The first-order valence-corrected chi connectivity index (χ1v) is 10.2. The molecule has 0 aliphatic carbocycles. The van der Waals surface area contributed by atoms with Crippen LogP contribution in [-0.2, 0) is 17.8 Å². The molecule has 7 nitrogen and oxygen atoms in total. The van der Waals surface area contributed by atoms with Crippen LogP contribution in [0.15, 0.2) is 30.5 Å². The SMILES string of the molecule is Cc1nc2c(C#N)cnn2c(C)c1CCC(=O)N(CCN(C)C)Cc1ccccc1F. The van der Waals surface area contributed by atoms with Gasteiger partial charge in [0.1, 0.15) is 17.4 Å². The van der Waals surface area contributed by atoms with E-state index in [4.69, 9.17) is 0 Å². The Bertz CT molecular complexity index is 1130. The molecule has 31 heavy (non-hydrogen) atoms. The zero-order chi connectivity index (χ0) is 22.5. The molecule has 3 rings (SSSR count). The van der Waals surface area contributed by atoms with Crippen LogP contribution in [-0.4, -0.2) is 57.5 Å². The van der Waals surface area contributed by atoms with Gasteiger partial charge in [-0.2, -0.15) is 10.4 Å². The number of nitrogens with zero attached hydrogens (tertiary/aromatic N) is 6. The molecule has 162 valence electrons. The Balaban J connectivity index is 1.78. The third kappa shape index (κ3) is 5.06. The lowest BCUT2D eigenvalue weighted by Crippen LogP contribution is -2.36. The van der Waals surface area contributed by atoms with Gasteiger partial charge < -0.3 is 9.80 Å². The van der Waals surface area contributed by atoms with Crippen LogP contribution in [0.25, 0.3) is 5.65 Å². The Labute approximate surface area is 181 Å². The van der Waals surface area contributed by atoms with Crippen LogP contribution < -0.4 is 0 Å². The quantitative estimate of drug-likeness (QED) is 0.558. The lowest BCUT2D eigenvalue weighted by Gasteiger charge is -2.25. The van der Waals surface area contributed by atoms with Crippen molar-refractivity contribution in [1.29, 1.82) is 5.26 Å². The summed E-state index contributed by atoms with van der Waals surface area (Å²) in [5.41, 5.74) is 4.04. The summed E-state index contributed by atoms with van der Waals surface area (Å²) in [7, 11) is 3.89. The molecule has 0 N–H and O–H groups in total. The van der Waals surface area contributed by atoms with E-state index in [1.165, 1.54) is 12.3 Å². The van der Waals surface area contributed by atoms with Gasteiger partial charge in [0, 0.05) is 43.0 Å². The Morgan fingerprint density at radius 1 is 1.23 bits per heavy atom. The summed E-state index contributed by atoms with van der Waals surface area (Å²) in [6.45, 7) is 5.23. The van der Waals surface area contributed by atoms with Crippen molar-refractivity contribution in [1.82, 2.24) is 24.4 Å². The number of amides is 1. The molecule has 2 heterocycles. The summed E-state index contributed by atoms with van der Waals surface area (Å²) in [6.07, 6.45) is 2.28. The molecule has 0 saturated heterocycles. The molecule has 0 aliphatic rings. The third-order valence-electron chi connectivity index (χ3n) is 5.41. The first-order chi connectivity index (χ1) is 14.8. The number of rotatable bonds is 8. The maximum Gasteiger partial charge on any atom is 0.223 e. The average Bonchev–Trinajstić information content (AvgIpc) is 3.14. The van der Waals surface area contributed by atoms with Crippen molar-refractivity contribution in [2.24, 2.45) is 0 Å². The predicted octanol–water partition coefficient (Wildman–Crippen LogP) is 2.88. The molecule has 2 aromatic heterocycles. The number of halogens is 1. The fraction of sp³-hybridized carbons (Fsp3) is 0.391. The normalized spacial score (nSPS) is 11.1.